The molecule has 0 aromatic carbocycles. The summed E-state index contributed by atoms with van der Waals surface area (Å²) < 4.78 is 7.65. The molecule has 4 nitrogen and oxygen atoms in total. The molecular formula is C12H23N3O. The predicted molar refractivity (Wildman–Crippen MR) is 66.7 cm³/mol. The van der Waals surface area contributed by atoms with Gasteiger partial charge in [0.15, 0.2) is 0 Å². The van der Waals surface area contributed by atoms with E-state index in [1.165, 1.54) is 5.56 Å². The van der Waals surface area contributed by atoms with Gasteiger partial charge in [-0.15, -0.1) is 0 Å². The van der Waals surface area contributed by atoms with Gasteiger partial charge < -0.3 is 10.1 Å². The molecule has 0 aliphatic rings. The molecule has 1 aromatic rings. The Morgan fingerprint density at radius 3 is 2.69 bits per heavy atom. The Kier molecular flexibility index (Phi) is 4.80. The molecule has 1 rings (SSSR count). The molecule has 0 spiro atoms. The van der Waals surface area contributed by atoms with Crippen LogP contribution in [0.3, 0.4) is 0 Å². The van der Waals surface area contributed by atoms with Crippen LogP contribution in [-0.4, -0.2) is 22.4 Å². The van der Waals surface area contributed by atoms with Gasteiger partial charge in [-0.2, -0.15) is 5.10 Å². The molecule has 1 unspecified atom stereocenters. The lowest BCUT2D eigenvalue weighted by molar-refractivity contribution is 0.0508. The van der Waals surface area contributed by atoms with Crippen LogP contribution in [0, 0.1) is 6.92 Å². The first-order chi connectivity index (χ1) is 7.60. The van der Waals surface area contributed by atoms with Crippen LogP contribution >= 0.6 is 0 Å². The lowest BCUT2D eigenvalue weighted by atomic mass is 10.2. The van der Waals surface area contributed by atoms with Crippen molar-refractivity contribution in [3.8, 4) is 0 Å². The molecule has 1 atom stereocenters. The second-order valence-corrected chi connectivity index (χ2v) is 4.10. The van der Waals surface area contributed by atoms with Crippen LogP contribution in [0.2, 0.25) is 0 Å². The first kappa shape index (κ1) is 13.0. The summed E-state index contributed by atoms with van der Waals surface area (Å²) in [5, 5.41) is 7.74. The molecule has 1 heterocycles. The monoisotopic (exact) mass is 225 g/mol. The second-order valence-electron chi connectivity index (χ2n) is 4.10. The molecule has 1 aromatic heterocycles. The molecule has 16 heavy (non-hydrogen) atoms. The van der Waals surface area contributed by atoms with Crippen molar-refractivity contribution in [2.75, 3.05) is 11.9 Å². The maximum Gasteiger partial charge on any atom is 0.129 e. The highest BCUT2D eigenvalue weighted by Gasteiger charge is 2.13. The zero-order valence-electron chi connectivity index (χ0n) is 11.0. The summed E-state index contributed by atoms with van der Waals surface area (Å²) in [5.74, 6) is 1.07. The lowest BCUT2D eigenvalue weighted by Gasteiger charge is -2.12. The fourth-order valence-electron chi connectivity index (χ4n) is 1.61. The number of hydrogen-bond donors (Lipinski definition) is 1. The molecule has 0 amide bonds. The van der Waals surface area contributed by atoms with E-state index in [4.69, 9.17) is 4.74 Å². The van der Waals surface area contributed by atoms with E-state index in [0.717, 1.165) is 24.5 Å². The lowest BCUT2D eigenvalue weighted by Crippen LogP contribution is -2.09. The van der Waals surface area contributed by atoms with E-state index >= 15 is 0 Å². The minimum atomic E-state index is 0.300. The number of anilines is 1. The van der Waals surface area contributed by atoms with Crippen molar-refractivity contribution in [3.63, 3.8) is 0 Å². The van der Waals surface area contributed by atoms with E-state index in [0.29, 0.717) is 12.7 Å². The zero-order valence-corrected chi connectivity index (χ0v) is 11.0. The third-order valence-electron chi connectivity index (χ3n) is 2.78. The normalized spacial score (nSPS) is 12.8. The van der Waals surface area contributed by atoms with E-state index in [2.05, 4.69) is 31.2 Å². The van der Waals surface area contributed by atoms with Crippen LogP contribution in [-0.2, 0) is 18.4 Å². The Hall–Kier alpha value is -1.03. The Balaban J connectivity index is 2.77. The van der Waals surface area contributed by atoms with Gasteiger partial charge in [-0.05, 0) is 27.2 Å². The number of ether oxygens (including phenoxy) is 1. The van der Waals surface area contributed by atoms with Crippen LogP contribution < -0.4 is 5.32 Å². The summed E-state index contributed by atoms with van der Waals surface area (Å²) in [7, 11) is 1.96. The Labute approximate surface area is 98.0 Å². The maximum absolute atomic E-state index is 5.77. The zero-order chi connectivity index (χ0) is 12.1. The number of aryl methyl sites for hydroxylation is 2. The SMILES string of the molecule is CCNc1c(COC(C)CC)c(C)nn1C. The molecule has 0 bridgehead atoms. The van der Waals surface area contributed by atoms with Gasteiger partial charge in [0.25, 0.3) is 0 Å². The van der Waals surface area contributed by atoms with Crippen LogP contribution in [0.1, 0.15) is 38.4 Å². The van der Waals surface area contributed by atoms with E-state index < -0.39 is 0 Å². The number of nitrogens with one attached hydrogen (secondary N) is 1. The van der Waals surface area contributed by atoms with Crippen molar-refractivity contribution in [1.29, 1.82) is 0 Å². The van der Waals surface area contributed by atoms with Gasteiger partial charge in [0.05, 0.1) is 18.4 Å². The molecule has 0 saturated heterocycles. The molecule has 4 heteroatoms. The molecule has 0 radical (unpaired) electrons. The quantitative estimate of drug-likeness (QED) is 0.808. The Morgan fingerprint density at radius 2 is 2.12 bits per heavy atom. The minimum Gasteiger partial charge on any atom is -0.374 e. The Bertz CT molecular complexity index is 333. The summed E-state index contributed by atoms with van der Waals surface area (Å²) in [4.78, 5) is 0. The first-order valence-electron chi connectivity index (χ1n) is 5.98. The highest BCUT2D eigenvalue weighted by atomic mass is 16.5. The number of rotatable bonds is 6. The standard InChI is InChI=1S/C12H23N3O/c1-6-9(3)16-8-11-10(4)14-15(5)12(11)13-7-2/h9,13H,6-8H2,1-5H3. The summed E-state index contributed by atoms with van der Waals surface area (Å²) in [6.45, 7) is 9.87. The number of aromatic nitrogens is 2. The van der Waals surface area contributed by atoms with Crippen molar-refractivity contribution in [2.45, 2.75) is 46.8 Å². The van der Waals surface area contributed by atoms with Crippen molar-refractivity contribution >= 4 is 5.82 Å². The molecule has 0 fully saturated rings. The van der Waals surface area contributed by atoms with E-state index in [9.17, 15) is 0 Å². The summed E-state index contributed by atoms with van der Waals surface area (Å²) in [5.41, 5.74) is 2.21. The molecule has 92 valence electrons. The topological polar surface area (TPSA) is 39.1 Å². The van der Waals surface area contributed by atoms with Crippen LogP contribution in [0.5, 0.6) is 0 Å². The smallest absolute Gasteiger partial charge is 0.129 e. The first-order valence-corrected chi connectivity index (χ1v) is 5.98. The predicted octanol–water partition coefficient (Wildman–Crippen LogP) is 2.48. The van der Waals surface area contributed by atoms with Crippen molar-refractivity contribution in [2.24, 2.45) is 7.05 Å². The summed E-state index contributed by atoms with van der Waals surface area (Å²) in [6.07, 6.45) is 1.34. The average molecular weight is 225 g/mol. The third kappa shape index (κ3) is 2.98. The van der Waals surface area contributed by atoms with E-state index in [1.54, 1.807) is 0 Å². The fourth-order valence-corrected chi connectivity index (χ4v) is 1.61. The van der Waals surface area contributed by atoms with E-state index in [1.807, 2.05) is 18.7 Å². The summed E-state index contributed by atoms with van der Waals surface area (Å²) in [6, 6.07) is 0. The van der Waals surface area contributed by atoms with Gasteiger partial charge in [-0.25, -0.2) is 0 Å². The Morgan fingerprint density at radius 1 is 1.44 bits per heavy atom. The van der Waals surface area contributed by atoms with Crippen LogP contribution in [0.15, 0.2) is 0 Å². The van der Waals surface area contributed by atoms with Crippen molar-refractivity contribution < 1.29 is 4.74 Å². The molecule has 0 saturated carbocycles. The average Bonchev–Trinajstić information content (AvgIpc) is 2.52. The van der Waals surface area contributed by atoms with Gasteiger partial charge in [0, 0.05) is 19.2 Å². The largest absolute Gasteiger partial charge is 0.374 e. The number of hydrogen-bond acceptors (Lipinski definition) is 3. The van der Waals surface area contributed by atoms with Gasteiger partial charge in [-0.1, -0.05) is 6.92 Å². The van der Waals surface area contributed by atoms with Crippen molar-refractivity contribution in [3.05, 3.63) is 11.3 Å². The highest BCUT2D eigenvalue weighted by molar-refractivity contribution is 5.47. The maximum atomic E-state index is 5.77. The summed E-state index contributed by atoms with van der Waals surface area (Å²) >= 11 is 0. The van der Waals surface area contributed by atoms with Gasteiger partial charge in [0.2, 0.25) is 0 Å². The second kappa shape index (κ2) is 5.89. The number of nitrogens with zero attached hydrogens (tertiary/aromatic N) is 2. The van der Waals surface area contributed by atoms with Gasteiger partial charge >= 0.3 is 0 Å². The van der Waals surface area contributed by atoms with Crippen LogP contribution in [0.25, 0.3) is 0 Å². The van der Waals surface area contributed by atoms with E-state index in [-0.39, 0.29) is 0 Å². The molecule has 0 aliphatic carbocycles. The fraction of sp³-hybridized carbons (Fsp3) is 0.750. The molecule has 1 N–H and O–H groups in total. The molecule has 0 aliphatic heterocycles. The third-order valence-corrected chi connectivity index (χ3v) is 2.78. The van der Waals surface area contributed by atoms with Gasteiger partial charge in [0.1, 0.15) is 5.82 Å². The molecular weight excluding hydrogens is 202 g/mol. The van der Waals surface area contributed by atoms with Crippen LogP contribution in [0.4, 0.5) is 5.82 Å². The minimum absolute atomic E-state index is 0.300. The van der Waals surface area contributed by atoms with Crippen molar-refractivity contribution in [1.82, 2.24) is 9.78 Å². The van der Waals surface area contributed by atoms with Gasteiger partial charge in [-0.3, -0.25) is 4.68 Å². The highest BCUT2D eigenvalue weighted by Crippen LogP contribution is 2.20.